The first-order valence-electron chi connectivity index (χ1n) is 11.3. The monoisotopic (exact) mass is 485 g/mol. The van der Waals surface area contributed by atoms with Crippen LogP contribution in [0.25, 0.3) is 11.1 Å². The van der Waals surface area contributed by atoms with Gasteiger partial charge < -0.3 is 15.8 Å². The minimum absolute atomic E-state index is 0.0621. The highest BCUT2D eigenvalue weighted by Crippen LogP contribution is 2.36. The van der Waals surface area contributed by atoms with E-state index in [1.165, 1.54) is 11.8 Å². The van der Waals surface area contributed by atoms with Gasteiger partial charge in [-0.1, -0.05) is 50.2 Å². The molecule has 0 spiro atoms. The van der Waals surface area contributed by atoms with Crippen LogP contribution in [0.2, 0.25) is 0 Å². The molecule has 0 unspecified atom stereocenters. The van der Waals surface area contributed by atoms with E-state index in [9.17, 15) is 15.3 Å². The molecule has 8 heteroatoms. The van der Waals surface area contributed by atoms with Crippen LogP contribution in [0.1, 0.15) is 49.8 Å². The average Bonchev–Trinajstić information content (AvgIpc) is 2.85. The van der Waals surface area contributed by atoms with Crippen molar-refractivity contribution < 1.29 is 9.53 Å². The third kappa shape index (κ3) is 6.11. The van der Waals surface area contributed by atoms with Gasteiger partial charge in [0.1, 0.15) is 34.3 Å². The van der Waals surface area contributed by atoms with Crippen LogP contribution >= 0.6 is 11.8 Å². The first kappa shape index (κ1) is 25.6. The number of benzene rings is 2. The summed E-state index contributed by atoms with van der Waals surface area (Å²) in [7, 11) is 0. The van der Waals surface area contributed by atoms with E-state index < -0.39 is 0 Å². The molecule has 0 fully saturated rings. The number of aromatic nitrogens is 1. The van der Waals surface area contributed by atoms with Gasteiger partial charge >= 0.3 is 0 Å². The maximum atomic E-state index is 12.5. The molecule has 0 saturated carbocycles. The number of carbonyl (C=O) groups excluding carboxylic acids is 1. The van der Waals surface area contributed by atoms with E-state index >= 15 is 0 Å². The molecule has 0 aliphatic carbocycles. The number of para-hydroxylation sites is 2. The summed E-state index contributed by atoms with van der Waals surface area (Å²) in [6.45, 7) is 6.57. The average molecular weight is 486 g/mol. The van der Waals surface area contributed by atoms with E-state index in [-0.39, 0.29) is 29.3 Å². The SMILES string of the molecule is CCOc1ccccc1NC(=O)CCSc1nc(N)c(C#N)c(-c2ccc(C(C)C)cc2)c1C#N. The van der Waals surface area contributed by atoms with Crippen molar-refractivity contribution >= 4 is 29.2 Å². The molecule has 7 nitrogen and oxygen atoms in total. The summed E-state index contributed by atoms with van der Waals surface area (Å²) >= 11 is 1.26. The maximum absolute atomic E-state index is 12.5. The molecule has 35 heavy (non-hydrogen) atoms. The largest absolute Gasteiger partial charge is 0.492 e. The molecule has 0 radical (unpaired) electrons. The molecule has 0 bridgehead atoms. The first-order chi connectivity index (χ1) is 16.9. The second-order valence-electron chi connectivity index (χ2n) is 8.00. The van der Waals surface area contributed by atoms with E-state index in [4.69, 9.17) is 10.5 Å². The zero-order valence-electron chi connectivity index (χ0n) is 20.0. The number of anilines is 2. The highest BCUT2D eigenvalue weighted by Gasteiger charge is 2.21. The smallest absolute Gasteiger partial charge is 0.225 e. The molecule has 0 aliphatic heterocycles. The Hall–Kier alpha value is -4.01. The highest BCUT2D eigenvalue weighted by molar-refractivity contribution is 7.99. The van der Waals surface area contributed by atoms with E-state index in [1.54, 1.807) is 12.1 Å². The molecule has 3 rings (SSSR count). The van der Waals surface area contributed by atoms with Gasteiger partial charge in [0.15, 0.2) is 0 Å². The molecule has 3 N–H and O–H groups in total. The second-order valence-corrected chi connectivity index (χ2v) is 9.09. The van der Waals surface area contributed by atoms with E-state index in [1.807, 2.05) is 43.3 Å². The lowest BCUT2D eigenvalue weighted by Gasteiger charge is -2.14. The van der Waals surface area contributed by atoms with Crippen molar-refractivity contribution in [3.63, 3.8) is 0 Å². The van der Waals surface area contributed by atoms with Gasteiger partial charge in [-0.15, -0.1) is 11.8 Å². The van der Waals surface area contributed by atoms with Crippen LogP contribution in [0.4, 0.5) is 11.5 Å². The summed E-state index contributed by atoms with van der Waals surface area (Å²) < 4.78 is 5.55. The Morgan fingerprint density at radius 1 is 1.11 bits per heavy atom. The summed E-state index contributed by atoms with van der Waals surface area (Å²) in [4.78, 5) is 16.8. The number of thioether (sulfide) groups is 1. The number of ether oxygens (including phenoxy) is 1. The Kier molecular flexibility index (Phi) is 8.72. The predicted molar refractivity (Wildman–Crippen MR) is 139 cm³/mol. The highest BCUT2D eigenvalue weighted by atomic mass is 32.2. The number of carbonyl (C=O) groups is 1. The standard InChI is InChI=1S/C27H27N5O2S/c1-4-34-23-8-6-5-7-22(23)31-24(33)13-14-35-27-21(16-29)25(20(15-28)26(30)32-27)19-11-9-18(10-12-19)17(2)3/h5-12,17H,4,13-14H2,1-3H3,(H2,30,32)(H,31,33). The van der Waals surface area contributed by atoms with E-state index in [0.29, 0.717) is 40.3 Å². The summed E-state index contributed by atoms with van der Waals surface area (Å²) in [5.41, 5.74) is 9.51. The fraction of sp³-hybridized carbons (Fsp3) is 0.259. The van der Waals surface area contributed by atoms with Crippen LogP contribution in [0.3, 0.4) is 0 Å². The number of nitriles is 2. The summed E-state index contributed by atoms with van der Waals surface area (Å²) in [6, 6.07) is 19.3. The number of amides is 1. The molecule has 178 valence electrons. The Morgan fingerprint density at radius 2 is 1.80 bits per heavy atom. The molecule has 0 atom stereocenters. The molecule has 1 aromatic heterocycles. The number of hydrogen-bond acceptors (Lipinski definition) is 7. The Bertz CT molecular complexity index is 1290. The lowest BCUT2D eigenvalue weighted by molar-refractivity contribution is -0.115. The van der Waals surface area contributed by atoms with Crippen LogP contribution in [0, 0.1) is 22.7 Å². The van der Waals surface area contributed by atoms with Gasteiger partial charge in [0.25, 0.3) is 0 Å². The second kappa shape index (κ2) is 11.9. The molecule has 3 aromatic rings. The Balaban J connectivity index is 1.81. The lowest BCUT2D eigenvalue weighted by Crippen LogP contribution is -2.13. The zero-order valence-corrected chi connectivity index (χ0v) is 20.8. The fourth-order valence-corrected chi connectivity index (χ4v) is 4.47. The normalized spacial score (nSPS) is 10.5. The van der Waals surface area contributed by atoms with Crippen molar-refractivity contribution in [2.24, 2.45) is 0 Å². The predicted octanol–water partition coefficient (Wildman–Crippen LogP) is 5.72. The maximum Gasteiger partial charge on any atom is 0.225 e. The molecular weight excluding hydrogens is 458 g/mol. The topological polar surface area (TPSA) is 125 Å². The Morgan fingerprint density at radius 3 is 2.43 bits per heavy atom. The quantitative estimate of drug-likeness (QED) is 0.371. The zero-order chi connectivity index (χ0) is 25.4. The summed E-state index contributed by atoms with van der Waals surface area (Å²) in [5, 5.41) is 22.9. The number of nitrogen functional groups attached to an aromatic ring is 1. The molecular formula is C27H27N5O2S. The van der Waals surface area contributed by atoms with Gasteiger partial charge in [0.05, 0.1) is 17.9 Å². The molecule has 2 aromatic carbocycles. The number of nitrogens with two attached hydrogens (primary N) is 1. The van der Waals surface area contributed by atoms with Gasteiger partial charge in [-0.3, -0.25) is 4.79 Å². The van der Waals surface area contributed by atoms with Crippen LogP contribution < -0.4 is 15.8 Å². The van der Waals surface area contributed by atoms with Crippen LogP contribution in [-0.4, -0.2) is 23.3 Å². The van der Waals surface area contributed by atoms with Crippen molar-refractivity contribution in [1.82, 2.24) is 4.98 Å². The van der Waals surface area contributed by atoms with Gasteiger partial charge in [-0.25, -0.2) is 4.98 Å². The van der Waals surface area contributed by atoms with Crippen molar-refractivity contribution in [3.8, 4) is 29.0 Å². The van der Waals surface area contributed by atoms with Crippen molar-refractivity contribution in [2.45, 2.75) is 38.1 Å². The minimum Gasteiger partial charge on any atom is -0.492 e. The van der Waals surface area contributed by atoms with E-state index in [0.717, 1.165) is 11.1 Å². The van der Waals surface area contributed by atoms with Crippen molar-refractivity contribution in [3.05, 3.63) is 65.2 Å². The minimum atomic E-state index is -0.186. The van der Waals surface area contributed by atoms with Gasteiger partial charge in [-0.2, -0.15) is 10.5 Å². The summed E-state index contributed by atoms with van der Waals surface area (Å²) in [5.74, 6) is 1.22. The van der Waals surface area contributed by atoms with E-state index in [2.05, 4.69) is 36.3 Å². The van der Waals surface area contributed by atoms with Gasteiger partial charge in [-0.05, 0) is 36.1 Å². The van der Waals surface area contributed by atoms with Crippen molar-refractivity contribution in [1.29, 1.82) is 10.5 Å². The third-order valence-electron chi connectivity index (χ3n) is 5.31. The third-order valence-corrected chi connectivity index (χ3v) is 6.29. The van der Waals surface area contributed by atoms with Crippen LogP contribution in [0.15, 0.2) is 53.6 Å². The Labute approximate surface area is 209 Å². The first-order valence-corrected chi connectivity index (χ1v) is 12.3. The fourth-order valence-electron chi connectivity index (χ4n) is 3.53. The lowest BCUT2D eigenvalue weighted by atomic mass is 9.94. The summed E-state index contributed by atoms with van der Waals surface area (Å²) in [6.07, 6.45) is 0.190. The van der Waals surface area contributed by atoms with Crippen LogP contribution in [0.5, 0.6) is 5.75 Å². The molecule has 1 amide bonds. The van der Waals surface area contributed by atoms with Gasteiger partial charge in [0, 0.05) is 17.7 Å². The number of rotatable bonds is 9. The number of nitrogens with one attached hydrogen (secondary N) is 1. The number of hydrogen-bond donors (Lipinski definition) is 2. The number of nitrogens with zero attached hydrogens (tertiary/aromatic N) is 3. The molecule has 0 saturated heterocycles. The van der Waals surface area contributed by atoms with Crippen LogP contribution in [-0.2, 0) is 4.79 Å². The molecule has 1 heterocycles. The number of pyridine rings is 1. The van der Waals surface area contributed by atoms with Crippen molar-refractivity contribution in [2.75, 3.05) is 23.4 Å². The van der Waals surface area contributed by atoms with Gasteiger partial charge in [0.2, 0.25) is 5.91 Å². The molecule has 0 aliphatic rings.